The highest BCUT2D eigenvalue weighted by molar-refractivity contribution is 6.21. The third-order valence-corrected chi connectivity index (χ3v) is 9.76. The molecule has 2 aliphatic carbocycles. The average molecular weight is 598 g/mol. The fraction of sp³-hybridized carbons (Fsp3) is 0.400. The van der Waals surface area contributed by atoms with Gasteiger partial charge in [-0.25, -0.2) is 0 Å². The number of carbonyl (C=O) groups excluding carboxylic acids is 1. The number of Topliss-reactive ketones (excluding diaryl/α,β-unsaturated/α-hetero) is 1. The summed E-state index contributed by atoms with van der Waals surface area (Å²) in [5.41, 5.74) is 3.54. The summed E-state index contributed by atoms with van der Waals surface area (Å²) < 4.78 is 0. The number of ketones is 1. The number of carbonyl (C=O) groups is 1. The number of non-ortho nitro benzene ring substituents is 2. The van der Waals surface area contributed by atoms with Crippen molar-refractivity contribution in [3.8, 4) is 0 Å². The zero-order valence-corrected chi connectivity index (χ0v) is 26.0. The molecule has 0 spiro atoms. The number of aryl methyl sites for hydroxylation is 1. The van der Waals surface area contributed by atoms with Crippen LogP contribution in [0.2, 0.25) is 0 Å². The SMILES string of the molecule is C=C(/C=C1\C(=O)C(/C=C2\N(CC3CCCCC3)c3ccc([N+](=O)[O-])cc3C2(C)C)=C1O)C(C)(C)c1cc([N+](=O)[O-])ccc1C. The van der Waals surface area contributed by atoms with E-state index in [4.69, 9.17) is 0 Å². The lowest BCUT2D eigenvalue weighted by Gasteiger charge is -2.33. The first-order chi connectivity index (χ1) is 20.6. The van der Waals surface area contributed by atoms with Crippen molar-refractivity contribution in [2.75, 3.05) is 11.4 Å². The first kappa shape index (κ1) is 30.9. The summed E-state index contributed by atoms with van der Waals surface area (Å²) in [6.07, 6.45) is 9.08. The monoisotopic (exact) mass is 597 g/mol. The van der Waals surface area contributed by atoms with Crippen molar-refractivity contribution in [2.24, 2.45) is 5.92 Å². The van der Waals surface area contributed by atoms with Gasteiger partial charge in [0.1, 0.15) is 5.76 Å². The molecule has 230 valence electrons. The minimum atomic E-state index is -0.752. The molecule has 0 unspecified atom stereocenters. The summed E-state index contributed by atoms with van der Waals surface area (Å²) in [5, 5.41) is 34.2. The van der Waals surface area contributed by atoms with Crippen molar-refractivity contribution in [1.29, 1.82) is 0 Å². The van der Waals surface area contributed by atoms with E-state index >= 15 is 0 Å². The number of hydrogen-bond acceptors (Lipinski definition) is 7. The normalized spacial score (nSPS) is 20.2. The molecule has 2 aromatic rings. The van der Waals surface area contributed by atoms with Crippen molar-refractivity contribution >= 4 is 22.8 Å². The molecule has 0 atom stereocenters. The molecule has 2 aromatic carbocycles. The van der Waals surface area contributed by atoms with Crippen LogP contribution in [-0.4, -0.2) is 27.3 Å². The van der Waals surface area contributed by atoms with Crippen LogP contribution >= 0.6 is 0 Å². The molecule has 0 aromatic heterocycles. The molecular weight excluding hydrogens is 558 g/mol. The number of aliphatic hydroxyl groups is 1. The lowest BCUT2D eigenvalue weighted by atomic mass is 9.74. The van der Waals surface area contributed by atoms with E-state index in [1.165, 1.54) is 37.5 Å². The molecule has 1 fully saturated rings. The van der Waals surface area contributed by atoms with E-state index in [9.17, 15) is 30.1 Å². The quantitative estimate of drug-likeness (QED) is 0.184. The number of nitro benzene ring substituents is 2. The van der Waals surface area contributed by atoms with Crippen LogP contribution in [0.1, 0.15) is 76.5 Å². The third kappa shape index (κ3) is 5.25. The maximum Gasteiger partial charge on any atom is 0.269 e. The van der Waals surface area contributed by atoms with Gasteiger partial charge in [0.15, 0.2) is 0 Å². The Morgan fingerprint density at radius 1 is 1.07 bits per heavy atom. The zero-order chi connectivity index (χ0) is 32.1. The number of anilines is 1. The van der Waals surface area contributed by atoms with E-state index in [1.807, 2.05) is 34.6 Å². The summed E-state index contributed by atoms with van der Waals surface area (Å²) in [7, 11) is 0. The molecule has 0 saturated heterocycles. The van der Waals surface area contributed by atoms with Crippen LogP contribution in [0, 0.1) is 33.1 Å². The molecule has 1 aliphatic heterocycles. The van der Waals surface area contributed by atoms with Gasteiger partial charge >= 0.3 is 0 Å². The number of aliphatic hydroxyl groups excluding tert-OH is 1. The lowest BCUT2D eigenvalue weighted by Crippen LogP contribution is -2.33. The maximum absolute atomic E-state index is 13.5. The van der Waals surface area contributed by atoms with E-state index in [1.54, 1.807) is 30.4 Å². The second-order valence-corrected chi connectivity index (χ2v) is 13.3. The van der Waals surface area contributed by atoms with Gasteiger partial charge in [-0.15, -0.1) is 0 Å². The van der Waals surface area contributed by atoms with Gasteiger partial charge in [-0.3, -0.25) is 25.0 Å². The lowest BCUT2D eigenvalue weighted by molar-refractivity contribution is -0.385. The highest BCUT2D eigenvalue weighted by Crippen LogP contribution is 2.51. The smallest absolute Gasteiger partial charge is 0.269 e. The summed E-state index contributed by atoms with van der Waals surface area (Å²) >= 11 is 0. The molecule has 9 heteroatoms. The van der Waals surface area contributed by atoms with Gasteiger partial charge in [0.25, 0.3) is 11.4 Å². The molecule has 5 rings (SSSR count). The Balaban J connectivity index is 1.52. The summed E-state index contributed by atoms with van der Waals surface area (Å²) in [5.74, 6) is 0.00525. The van der Waals surface area contributed by atoms with Crippen molar-refractivity contribution in [3.05, 3.63) is 120 Å². The van der Waals surface area contributed by atoms with Crippen LogP contribution in [0.15, 0.2) is 83.3 Å². The molecule has 3 aliphatic rings. The van der Waals surface area contributed by atoms with Crippen LogP contribution in [0.5, 0.6) is 0 Å². The maximum atomic E-state index is 13.5. The fourth-order valence-corrected chi connectivity index (χ4v) is 6.83. The predicted octanol–water partition coefficient (Wildman–Crippen LogP) is 8.23. The average Bonchev–Trinajstić information content (AvgIpc) is 3.19. The third-order valence-electron chi connectivity index (χ3n) is 9.76. The zero-order valence-electron chi connectivity index (χ0n) is 26.0. The number of hydrogen-bond donors (Lipinski definition) is 1. The topological polar surface area (TPSA) is 127 Å². The number of nitro groups is 2. The van der Waals surface area contributed by atoms with Gasteiger partial charge < -0.3 is 10.0 Å². The van der Waals surface area contributed by atoms with E-state index < -0.39 is 20.7 Å². The molecule has 0 amide bonds. The Morgan fingerprint density at radius 2 is 1.68 bits per heavy atom. The Labute approximate surface area is 257 Å². The minimum Gasteiger partial charge on any atom is -0.506 e. The second-order valence-electron chi connectivity index (χ2n) is 13.3. The first-order valence-corrected chi connectivity index (χ1v) is 15.1. The van der Waals surface area contributed by atoms with Gasteiger partial charge in [0.05, 0.1) is 21.0 Å². The number of fused-ring (bicyclic) bond motifs is 1. The van der Waals surface area contributed by atoms with Gasteiger partial charge in [0.2, 0.25) is 5.78 Å². The molecule has 0 bridgehead atoms. The summed E-state index contributed by atoms with van der Waals surface area (Å²) in [4.78, 5) is 37.9. The van der Waals surface area contributed by atoms with E-state index in [-0.39, 0.29) is 34.1 Å². The second kappa shape index (κ2) is 11.2. The van der Waals surface area contributed by atoms with Crippen molar-refractivity contribution < 1.29 is 19.7 Å². The highest BCUT2D eigenvalue weighted by Gasteiger charge is 2.44. The molecule has 9 nitrogen and oxygen atoms in total. The Kier molecular flexibility index (Phi) is 7.86. The predicted molar refractivity (Wildman–Crippen MR) is 171 cm³/mol. The Morgan fingerprint density at radius 3 is 2.30 bits per heavy atom. The van der Waals surface area contributed by atoms with Crippen molar-refractivity contribution in [1.82, 2.24) is 0 Å². The van der Waals surface area contributed by atoms with Crippen LogP contribution in [0.25, 0.3) is 0 Å². The molecule has 1 saturated carbocycles. The van der Waals surface area contributed by atoms with Crippen LogP contribution in [0.3, 0.4) is 0 Å². The van der Waals surface area contributed by atoms with E-state index in [2.05, 4.69) is 11.5 Å². The van der Waals surface area contributed by atoms with E-state index in [0.717, 1.165) is 41.9 Å². The highest BCUT2D eigenvalue weighted by atomic mass is 16.6. The molecule has 1 heterocycles. The van der Waals surface area contributed by atoms with Crippen LogP contribution in [0.4, 0.5) is 17.1 Å². The largest absolute Gasteiger partial charge is 0.506 e. The van der Waals surface area contributed by atoms with Gasteiger partial charge in [0, 0.05) is 53.0 Å². The molecule has 0 radical (unpaired) electrons. The number of allylic oxidation sites excluding steroid dienone is 6. The summed E-state index contributed by atoms with van der Waals surface area (Å²) in [6.45, 7) is 14.5. The number of rotatable bonds is 8. The minimum absolute atomic E-state index is 0.0165. The fourth-order valence-electron chi connectivity index (χ4n) is 6.83. The van der Waals surface area contributed by atoms with Gasteiger partial charge in [-0.05, 0) is 66.2 Å². The Bertz CT molecular complexity index is 1690. The van der Waals surface area contributed by atoms with Crippen molar-refractivity contribution in [3.63, 3.8) is 0 Å². The number of nitrogens with zero attached hydrogens (tertiary/aromatic N) is 3. The standard InChI is InChI=1S/C35H39N3O6/c1-21-12-13-24(37(41)42)17-28(21)34(3,4)22(2)16-26-32(39)27(33(26)40)19-31-35(5,6)29-18-25(38(43)44)14-15-30(29)36(31)20-23-10-8-7-9-11-23/h12-19,23,39H,2,7-11,20H2,1,3-6H3/b26-16-,31-19-. The van der Waals surface area contributed by atoms with Crippen LogP contribution < -0.4 is 4.90 Å². The van der Waals surface area contributed by atoms with E-state index in [0.29, 0.717) is 17.1 Å². The van der Waals surface area contributed by atoms with Gasteiger partial charge in [-0.2, -0.15) is 0 Å². The molecular formula is C35H39N3O6. The van der Waals surface area contributed by atoms with Crippen LogP contribution in [-0.2, 0) is 15.6 Å². The van der Waals surface area contributed by atoms with Gasteiger partial charge in [-0.1, -0.05) is 59.6 Å². The number of benzene rings is 2. The molecule has 1 N–H and O–H groups in total. The Hall–Kier alpha value is -4.53. The first-order valence-electron chi connectivity index (χ1n) is 15.1. The van der Waals surface area contributed by atoms with Crippen molar-refractivity contribution in [2.45, 2.75) is 77.6 Å². The molecule has 44 heavy (non-hydrogen) atoms. The summed E-state index contributed by atoms with van der Waals surface area (Å²) in [6, 6.07) is 9.61.